The van der Waals surface area contributed by atoms with Crippen molar-refractivity contribution < 1.29 is 29.7 Å². The minimum Gasteiger partial charge on any atom is -0.480 e. The number of aliphatic hydroxyl groups is 2. The van der Waals surface area contributed by atoms with Crippen LogP contribution in [0.2, 0.25) is 0 Å². The maximum atomic E-state index is 12.7. The molecule has 2 amide bonds. The van der Waals surface area contributed by atoms with Crippen molar-refractivity contribution in [3.63, 3.8) is 0 Å². The van der Waals surface area contributed by atoms with Crippen LogP contribution in [0.4, 0.5) is 0 Å². The molecule has 0 aromatic rings. The average Bonchev–Trinajstić information content (AvgIpc) is 2.63. The van der Waals surface area contributed by atoms with Crippen molar-refractivity contribution in [2.45, 2.75) is 103 Å². The first kappa shape index (κ1) is 30.2. The van der Waals surface area contributed by atoms with Crippen LogP contribution in [-0.2, 0) is 14.4 Å². The van der Waals surface area contributed by atoms with Crippen LogP contribution in [0.15, 0.2) is 0 Å². The molecule has 9 N–H and O–H groups in total. The molecule has 0 aliphatic rings. The van der Waals surface area contributed by atoms with Crippen LogP contribution in [0.1, 0.15) is 67.2 Å². The second-order valence-corrected chi connectivity index (χ2v) is 10.0. The van der Waals surface area contributed by atoms with Crippen LogP contribution in [0, 0.1) is 0 Å². The van der Waals surface area contributed by atoms with Gasteiger partial charge in [0.2, 0.25) is 11.8 Å². The zero-order valence-corrected chi connectivity index (χ0v) is 20.2. The van der Waals surface area contributed by atoms with E-state index >= 15 is 0 Å². The van der Waals surface area contributed by atoms with Gasteiger partial charge in [-0.2, -0.15) is 0 Å². The summed E-state index contributed by atoms with van der Waals surface area (Å²) in [6, 6.07) is -2.48. The van der Waals surface area contributed by atoms with Gasteiger partial charge in [-0.1, -0.05) is 0 Å². The minimum atomic E-state index is -1.56. The lowest BCUT2D eigenvalue weighted by molar-refractivity contribution is -0.142. The quantitative estimate of drug-likeness (QED) is 0.119. The number of aliphatic carboxylic acids is 1. The number of nitrogens with two attached hydrogens (primary N) is 1. The van der Waals surface area contributed by atoms with Gasteiger partial charge in [0, 0.05) is 24.2 Å². The molecule has 3 atom stereocenters. The van der Waals surface area contributed by atoms with Crippen LogP contribution >= 0.6 is 0 Å². The molecular formula is C21H43N5O6. The van der Waals surface area contributed by atoms with Gasteiger partial charge in [0.1, 0.15) is 6.04 Å². The highest BCUT2D eigenvalue weighted by molar-refractivity contribution is 5.87. The van der Waals surface area contributed by atoms with E-state index in [0.29, 0.717) is 6.42 Å². The van der Waals surface area contributed by atoms with Crippen LogP contribution in [-0.4, -0.2) is 81.7 Å². The lowest BCUT2D eigenvalue weighted by atomic mass is 10.0. The minimum absolute atomic E-state index is 0.0319. The highest BCUT2D eigenvalue weighted by Gasteiger charge is 2.28. The molecule has 1 unspecified atom stereocenters. The van der Waals surface area contributed by atoms with E-state index in [2.05, 4.69) is 21.3 Å². The molecule has 0 radical (unpaired) electrons. The van der Waals surface area contributed by atoms with Crippen LogP contribution in [0.25, 0.3) is 0 Å². The normalized spacial score (nSPS) is 15.2. The SMILES string of the molecule is CC(C)(C)N[C@@H](CN)C(=O)NCCCC(NC(=O)[C@H](CCC(O)O)NC(C)(C)C)C(=O)O. The fourth-order valence-electron chi connectivity index (χ4n) is 3.03. The Kier molecular flexibility index (Phi) is 12.9. The maximum absolute atomic E-state index is 12.7. The second-order valence-electron chi connectivity index (χ2n) is 10.0. The van der Waals surface area contributed by atoms with Gasteiger partial charge in [-0.25, -0.2) is 4.79 Å². The summed E-state index contributed by atoms with van der Waals surface area (Å²) in [5.41, 5.74) is 4.93. The van der Waals surface area contributed by atoms with Gasteiger partial charge in [-0.15, -0.1) is 0 Å². The first-order valence-corrected chi connectivity index (χ1v) is 11.0. The van der Waals surface area contributed by atoms with Gasteiger partial charge >= 0.3 is 5.97 Å². The third-order valence-corrected chi connectivity index (χ3v) is 4.38. The van der Waals surface area contributed by atoms with Crippen molar-refractivity contribution in [2.24, 2.45) is 5.73 Å². The largest absolute Gasteiger partial charge is 0.480 e. The number of rotatable bonds is 14. The molecule has 0 spiro atoms. The number of carboxylic acid groups (broad SMARTS) is 1. The maximum Gasteiger partial charge on any atom is 0.326 e. The summed E-state index contributed by atoms with van der Waals surface area (Å²) in [7, 11) is 0. The predicted molar refractivity (Wildman–Crippen MR) is 122 cm³/mol. The van der Waals surface area contributed by atoms with E-state index in [0.717, 1.165) is 0 Å². The molecule has 0 heterocycles. The van der Waals surface area contributed by atoms with E-state index in [-0.39, 0.29) is 43.8 Å². The Hall–Kier alpha value is -1.79. The summed E-state index contributed by atoms with van der Waals surface area (Å²) in [5, 5.41) is 39.2. The Morgan fingerprint density at radius 1 is 0.812 bits per heavy atom. The Balaban J connectivity index is 4.80. The molecule has 0 bridgehead atoms. The van der Waals surface area contributed by atoms with E-state index < -0.39 is 41.8 Å². The molecule has 11 heteroatoms. The highest BCUT2D eigenvalue weighted by atomic mass is 16.5. The van der Waals surface area contributed by atoms with E-state index in [1.165, 1.54) is 0 Å². The fraction of sp³-hybridized carbons (Fsp3) is 0.857. The predicted octanol–water partition coefficient (Wildman–Crippen LogP) is -0.985. The highest BCUT2D eigenvalue weighted by Crippen LogP contribution is 2.09. The standard InChI is InChI=1S/C21H43N5O6/c1-20(2,3)25-13(9-10-16(27)28)18(30)24-14(19(31)32)8-7-11-23-17(29)15(12-22)26-21(4,5)6/h13-16,25-28H,7-12,22H2,1-6H3,(H,23,29)(H,24,30)(H,31,32)/t13-,14?,15-/m0/s1. The topological polar surface area (TPSA) is 186 Å². The second kappa shape index (κ2) is 13.7. The summed E-state index contributed by atoms with van der Waals surface area (Å²) >= 11 is 0. The molecule has 0 saturated heterocycles. The van der Waals surface area contributed by atoms with Crippen molar-refractivity contribution in [3.8, 4) is 0 Å². The molecule has 188 valence electrons. The van der Waals surface area contributed by atoms with Gasteiger partial charge in [-0.05, 0) is 67.2 Å². The Labute approximate surface area is 190 Å². The lowest BCUT2D eigenvalue weighted by Crippen LogP contribution is -2.55. The number of carbonyl (C=O) groups excluding carboxylic acids is 2. The molecule has 32 heavy (non-hydrogen) atoms. The van der Waals surface area contributed by atoms with Gasteiger partial charge < -0.3 is 42.3 Å². The number of hydrogen-bond acceptors (Lipinski definition) is 8. The number of aliphatic hydroxyl groups excluding tert-OH is 1. The molecule has 0 aliphatic carbocycles. The van der Waals surface area contributed by atoms with Crippen LogP contribution < -0.4 is 27.0 Å². The molecule has 11 nitrogen and oxygen atoms in total. The average molecular weight is 462 g/mol. The smallest absolute Gasteiger partial charge is 0.326 e. The Morgan fingerprint density at radius 3 is 1.78 bits per heavy atom. The van der Waals surface area contributed by atoms with Crippen molar-refractivity contribution in [2.75, 3.05) is 13.1 Å². The van der Waals surface area contributed by atoms with Crippen molar-refractivity contribution in [1.82, 2.24) is 21.3 Å². The first-order chi connectivity index (χ1) is 14.6. The first-order valence-electron chi connectivity index (χ1n) is 11.0. The van der Waals surface area contributed by atoms with Crippen molar-refractivity contribution in [1.29, 1.82) is 0 Å². The number of carboxylic acids is 1. The van der Waals surface area contributed by atoms with Crippen molar-refractivity contribution >= 4 is 17.8 Å². The van der Waals surface area contributed by atoms with Crippen LogP contribution in [0.5, 0.6) is 0 Å². The lowest BCUT2D eigenvalue weighted by Gasteiger charge is -2.29. The fourth-order valence-corrected chi connectivity index (χ4v) is 3.03. The zero-order valence-electron chi connectivity index (χ0n) is 20.2. The van der Waals surface area contributed by atoms with Crippen molar-refractivity contribution in [3.05, 3.63) is 0 Å². The van der Waals surface area contributed by atoms with Crippen LogP contribution in [0.3, 0.4) is 0 Å². The molecule has 0 aromatic heterocycles. The monoisotopic (exact) mass is 461 g/mol. The van der Waals surface area contributed by atoms with E-state index in [9.17, 15) is 19.5 Å². The number of hydrogen-bond donors (Lipinski definition) is 8. The summed E-state index contributed by atoms with van der Waals surface area (Å²) < 4.78 is 0. The number of amides is 2. The third kappa shape index (κ3) is 14.3. The van der Waals surface area contributed by atoms with E-state index in [1.54, 1.807) is 0 Å². The molecule has 0 aromatic carbocycles. The van der Waals surface area contributed by atoms with Gasteiger partial charge in [-0.3, -0.25) is 9.59 Å². The third-order valence-electron chi connectivity index (χ3n) is 4.38. The van der Waals surface area contributed by atoms with Gasteiger partial charge in [0.25, 0.3) is 0 Å². The molecular weight excluding hydrogens is 418 g/mol. The summed E-state index contributed by atoms with van der Waals surface area (Å²) in [6.07, 6.45) is -1.01. The summed E-state index contributed by atoms with van der Waals surface area (Å²) in [5.74, 6) is -1.99. The molecule has 0 saturated carbocycles. The van der Waals surface area contributed by atoms with E-state index in [1.807, 2.05) is 41.5 Å². The zero-order chi connectivity index (χ0) is 25.1. The summed E-state index contributed by atoms with van der Waals surface area (Å²) in [6.45, 7) is 11.7. The van der Waals surface area contributed by atoms with Gasteiger partial charge in [0.15, 0.2) is 6.29 Å². The van der Waals surface area contributed by atoms with E-state index in [4.69, 9.17) is 15.9 Å². The summed E-state index contributed by atoms with van der Waals surface area (Å²) in [4.78, 5) is 36.5. The Bertz CT molecular complexity index is 600. The van der Waals surface area contributed by atoms with Gasteiger partial charge in [0.05, 0.1) is 12.1 Å². The number of carbonyl (C=O) groups is 3. The molecule has 0 aliphatic heterocycles. The Morgan fingerprint density at radius 2 is 1.34 bits per heavy atom. The molecule has 0 fully saturated rings. The number of nitrogens with one attached hydrogen (secondary N) is 4. The molecule has 0 rings (SSSR count).